The second-order valence-corrected chi connectivity index (χ2v) is 15.5. The largest absolute Gasteiger partial charge is 0.307 e. The van der Waals surface area contributed by atoms with E-state index in [1.54, 1.807) is 0 Å². The number of para-hydroxylation sites is 5. The summed E-state index contributed by atoms with van der Waals surface area (Å²) in [5.74, 6) is 0. The van der Waals surface area contributed by atoms with Gasteiger partial charge in [0, 0.05) is 58.5 Å². The number of hydrogen-bond donors (Lipinski definition) is 0. The van der Waals surface area contributed by atoms with Gasteiger partial charge in [-0.05, 0) is 54.6 Å². The Morgan fingerprint density at radius 2 is 1.04 bits per heavy atom. The Balaban J connectivity index is 1.25. The van der Waals surface area contributed by atoms with Gasteiger partial charge in [-0.25, -0.2) is 9.97 Å². The number of rotatable bonds is 4. The first kappa shape index (κ1) is 31.7. The van der Waals surface area contributed by atoms with E-state index in [2.05, 4.69) is 143 Å². The predicted octanol–water partition coefficient (Wildman–Crippen LogP) is 13.4. The summed E-state index contributed by atoms with van der Waals surface area (Å²) in [4.78, 5) is 10.3. The average Bonchev–Trinajstić information content (AvgIpc) is 3.94. The second-order valence-electron chi connectivity index (χ2n) is 14.4. The highest BCUT2D eigenvalue weighted by atomic mass is 32.1. The van der Waals surface area contributed by atoms with Crippen LogP contribution in [-0.2, 0) is 0 Å². The van der Waals surface area contributed by atoms with Crippen molar-refractivity contribution in [1.29, 1.82) is 5.26 Å². The Hall–Kier alpha value is -7.59. The van der Waals surface area contributed by atoms with Gasteiger partial charge in [-0.3, -0.25) is 0 Å². The molecule has 12 aromatic rings. The van der Waals surface area contributed by atoms with Crippen molar-refractivity contribution in [2.24, 2.45) is 0 Å². The highest BCUT2D eigenvalue weighted by molar-refractivity contribution is 7.27. The zero-order chi connectivity index (χ0) is 37.6. The third kappa shape index (κ3) is 4.55. The van der Waals surface area contributed by atoms with Crippen LogP contribution < -0.4 is 0 Å². The van der Waals surface area contributed by atoms with Crippen LogP contribution in [0.3, 0.4) is 0 Å². The molecular weight excluding hydrogens is 715 g/mol. The maximum Gasteiger partial charge on any atom is 0.101 e. The summed E-state index contributed by atoms with van der Waals surface area (Å²) in [6.07, 6.45) is 0. The second kappa shape index (κ2) is 12.2. The lowest BCUT2D eigenvalue weighted by atomic mass is 10.0. The van der Waals surface area contributed by atoms with Gasteiger partial charge >= 0.3 is 0 Å². The number of benzene rings is 8. The molecule has 0 unspecified atom stereocenters. The summed E-state index contributed by atoms with van der Waals surface area (Å²) in [7, 11) is 0. The van der Waals surface area contributed by atoms with E-state index in [1.165, 1.54) is 36.3 Å². The maximum absolute atomic E-state index is 11.1. The first-order chi connectivity index (χ1) is 28.3. The fourth-order valence-corrected chi connectivity index (χ4v) is 10.2. The first-order valence-electron chi connectivity index (χ1n) is 19.0. The molecule has 0 saturated heterocycles. The summed E-state index contributed by atoms with van der Waals surface area (Å²) in [5.41, 5.74) is 11.8. The van der Waals surface area contributed by atoms with Gasteiger partial charge in [-0.15, -0.1) is 11.3 Å². The fraction of sp³-hybridized carbons (Fsp3) is 0. The van der Waals surface area contributed by atoms with Gasteiger partial charge in [-0.2, -0.15) is 5.26 Å². The van der Waals surface area contributed by atoms with Crippen LogP contribution in [0.2, 0.25) is 0 Å². The molecule has 4 aromatic heterocycles. The van der Waals surface area contributed by atoms with E-state index in [1.807, 2.05) is 59.9 Å². The molecule has 0 aliphatic rings. The topological polar surface area (TPSA) is 59.4 Å². The van der Waals surface area contributed by atoms with Gasteiger partial charge in [0.25, 0.3) is 0 Å². The number of thiophene rings is 1. The lowest BCUT2D eigenvalue weighted by Crippen LogP contribution is -2.02. The van der Waals surface area contributed by atoms with Crippen LogP contribution in [-0.4, -0.2) is 19.1 Å². The van der Waals surface area contributed by atoms with Gasteiger partial charge in [-0.1, -0.05) is 121 Å². The Morgan fingerprint density at radius 1 is 0.474 bits per heavy atom. The highest BCUT2D eigenvalue weighted by Crippen LogP contribution is 2.51. The lowest BCUT2D eigenvalue weighted by molar-refractivity contribution is 1.14. The summed E-state index contributed by atoms with van der Waals surface area (Å²) in [6, 6.07) is 63.8. The number of aromatic nitrogens is 4. The van der Waals surface area contributed by atoms with Crippen molar-refractivity contribution in [3.05, 3.63) is 181 Å². The molecular formula is C51H29N5S. The molecule has 0 amide bonds. The summed E-state index contributed by atoms with van der Waals surface area (Å²) in [5, 5.41) is 18.4. The summed E-state index contributed by atoms with van der Waals surface area (Å²) < 4.78 is 7.26. The first-order valence-corrected chi connectivity index (χ1v) is 19.8. The van der Waals surface area contributed by atoms with E-state index in [4.69, 9.17) is 9.97 Å². The smallest absolute Gasteiger partial charge is 0.101 e. The molecule has 0 spiro atoms. The molecule has 0 aliphatic heterocycles. The highest BCUT2D eigenvalue weighted by Gasteiger charge is 2.27. The van der Waals surface area contributed by atoms with Crippen LogP contribution in [0, 0.1) is 11.3 Å². The molecule has 0 radical (unpaired) electrons. The van der Waals surface area contributed by atoms with E-state index in [-0.39, 0.29) is 0 Å². The van der Waals surface area contributed by atoms with Crippen molar-refractivity contribution in [1.82, 2.24) is 19.1 Å². The Labute approximate surface area is 330 Å². The molecule has 0 saturated carbocycles. The van der Waals surface area contributed by atoms with Crippen molar-refractivity contribution < 1.29 is 0 Å². The molecule has 264 valence electrons. The maximum atomic E-state index is 11.1. The SMILES string of the molecule is N#Cc1cc(-c2nc3ccccc3nc2-c2ccccc2)ccc1-n1c2ccccc2c2c3sc4ccccc4c3c3c4ccccc4n(-c4ccccc4)c3c21. The van der Waals surface area contributed by atoms with E-state index >= 15 is 0 Å². The predicted molar refractivity (Wildman–Crippen MR) is 237 cm³/mol. The minimum Gasteiger partial charge on any atom is -0.307 e. The average molecular weight is 744 g/mol. The summed E-state index contributed by atoms with van der Waals surface area (Å²) >= 11 is 1.85. The minimum absolute atomic E-state index is 0.552. The molecule has 57 heavy (non-hydrogen) atoms. The molecule has 0 N–H and O–H groups in total. The Morgan fingerprint density at radius 3 is 1.75 bits per heavy atom. The molecule has 0 aliphatic carbocycles. The van der Waals surface area contributed by atoms with E-state index in [0.29, 0.717) is 5.56 Å². The van der Waals surface area contributed by atoms with Crippen molar-refractivity contribution in [3.63, 3.8) is 0 Å². The van der Waals surface area contributed by atoms with Crippen molar-refractivity contribution in [3.8, 4) is 40.0 Å². The monoisotopic (exact) mass is 743 g/mol. The standard InChI is InChI=1S/C51H29N5S/c52-30-33-29-32(48-47(31-15-3-1-4-16-31)53-38-22-10-11-23-39(38)54-48)27-28-40(33)56-42-25-13-8-20-36(42)46-50(56)49-44(45-37-21-9-14-26-43(37)57-51(45)46)35-19-7-12-24-41(35)55(49)34-17-5-2-6-18-34/h1-29H. The molecule has 4 heterocycles. The van der Waals surface area contributed by atoms with Crippen LogP contribution in [0.1, 0.15) is 5.56 Å². The molecule has 0 atom stereocenters. The van der Waals surface area contributed by atoms with Crippen molar-refractivity contribution >= 4 is 86.2 Å². The van der Waals surface area contributed by atoms with Crippen LogP contribution in [0.25, 0.3) is 109 Å². The van der Waals surface area contributed by atoms with Crippen molar-refractivity contribution in [2.45, 2.75) is 0 Å². The van der Waals surface area contributed by atoms with Gasteiger partial charge in [0.05, 0.1) is 55.7 Å². The van der Waals surface area contributed by atoms with Gasteiger partial charge in [0.2, 0.25) is 0 Å². The number of hydrogen-bond acceptors (Lipinski definition) is 4. The van der Waals surface area contributed by atoms with Gasteiger partial charge in [0.15, 0.2) is 0 Å². The molecule has 8 aromatic carbocycles. The van der Waals surface area contributed by atoms with Crippen molar-refractivity contribution in [2.75, 3.05) is 0 Å². The van der Waals surface area contributed by atoms with Crippen LogP contribution in [0.5, 0.6) is 0 Å². The minimum atomic E-state index is 0.552. The fourth-order valence-electron chi connectivity index (χ4n) is 8.94. The van der Waals surface area contributed by atoms with Crippen LogP contribution in [0.4, 0.5) is 0 Å². The zero-order valence-corrected chi connectivity index (χ0v) is 31.2. The van der Waals surface area contributed by atoms with Crippen LogP contribution in [0.15, 0.2) is 176 Å². The molecule has 5 nitrogen and oxygen atoms in total. The Kier molecular flexibility index (Phi) is 6.80. The van der Waals surface area contributed by atoms with Gasteiger partial charge < -0.3 is 9.13 Å². The molecule has 0 fully saturated rings. The third-order valence-electron chi connectivity index (χ3n) is 11.3. The molecule has 12 rings (SSSR count). The quantitative estimate of drug-likeness (QED) is 0.180. The zero-order valence-electron chi connectivity index (χ0n) is 30.4. The number of nitrogens with zero attached hydrogens (tertiary/aromatic N) is 5. The van der Waals surface area contributed by atoms with Crippen LogP contribution >= 0.6 is 11.3 Å². The number of nitriles is 1. The molecule has 6 heteroatoms. The lowest BCUT2D eigenvalue weighted by Gasteiger charge is -2.15. The number of fused-ring (bicyclic) bond motifs is 13. The Bertz CT molecular complexity index is 3640. The van der Waals surface area contributed by atoms with E-state index in [9.17, 15) is 5.26 Å². The summed E-state index contributed by atoms with van der Waals surface area (Å²) in [6.45, 7) is 0. The van der Waals surface area contributed by atoms with E-state index in [0.717, 1.165) is 72.4 Å². The van der Waals surface area contributed by atoms with E-state index < -0.39 is 0 Å². The van der Waals surface area contributed by atoms with Gasteiger partial charge in [0.1, 0.15) is 6.07 Å². The normalized spacial score (nSPS) is 11.8. The molecule has 0 bridgehead atoms. The third-order valence-corrected chi connectivity index (χ3v) is 12.5.